The van der Waals surface area contributed by atoms with Crippen LogP contribution in [0.2, 0.25) is 10.0 Å². The lowest BCUT2D eigenvalue weighted by molar-refractivity contribution is -0.559. The van der Waals surface area contributed by atoms with Crippen molar-refractivity contribution in [2.24, 2.45) is 16.5 Å². The molecule has 0 amide bonds. The first kappa shape index (κ1) is 21.0. The molecule has 12 heteroatoms. The van der Waals surface area contributed by atoms with Crippen LogP contribution in [0.25, 0.3) is 16.9 Å². The van der Waals surface area contributed by atoms with E-state index in [4.69, 9.17) is 34.7 Å². The van der Waals surface area contributed by atoms with Crippen molar-refractivity contribution in [3.63, 3.8) is 0 Å². The van der Waals surface area contributed by atoms with Gasteiger partial charge in [0.25, 0.3) is 5.54 Å². The molecule has 31 heavy (non-hydrogen) atoms. The van der Waals surface area contributed by atoms with Crippen LogP contribution in [-0.2, 0) is 0 Å². The highest BCUT2D eigenvalue weighted by molar-refractivity contribution is 6.36. The Morgan fingerprint density at radius 1 is 1.32 bits per heavy atom. The lowest BCUT2D eigenvalue weighted by Gasteiger charge is -2.28. The van der Waals surface area contributed by atoms with Crippen molar-refractivity contribution < 1.29 is 4.92 Å². The van der Waals surface area contributed by atoms with Crippen LogP contribution in [0.15, 0.2) is 53.8 Å². The Kier molecular flexibility index (Phi) is 5.52. The molecule has 0 bridgehead atoms. The normalized spacial score (nSPS) is 20.6. The van der Waals surface area contributed by atoms with Gasteiger partial charge in [-0.1, -0.05) is 23.2 Å². The van der Waals surface area contributed by atoms with E-state index < -0.39 is 16.6 Å². The van der Waals surface area contributed by atoms with Crippen molar-refractivity contribution >= 4 is 40.6 Å². The lowest BCUT2D eigenvalue weighted by atomic mass is 9.90. The van der Waals surface area contributed by atoms with Crippen molar-refractivity contribution in [3.05, 3.63) is 69.0 Å². The summed E-state index contributed by atoms with van der Waals surface area (Å²) in [5.74, 6) is 0.609. The molecule has 0 aliphatic carbocycles. The van der Waals surface area contributed by atoms with Crippen LogP contribution in [0.5, 0.6) is 0 Å². The standard InChI is InChI=1S/C19H18Cl2N8O2/c20-11-1-2-12(13(21)9-11)14-10-16-24-7-8-28(16)18(26-14)25-6-5-19(29(30)31)4-3-15(22)27-17(19)23/h1-4,7-10,17H,5-6,23H2,(H2,22,27)(H,25,26). The molecule has 5 N–H and O–H groups in total. The Hall–Kier alpha value is -3.21. The second-order valence-corrected chi connectivity index (χ2v) is 7.85. The van der Waals surface area contributed by atoms with Gasteiger partial charge in [0.1, 0.15) is 11.5 Å². The van der Waals surface area contributed by atoms with Crippen LogP contribution < -0.4 is 16.8 Å². The number of nitrogens with zero attached hydrogens (tertiary/aromatic N) is 5. The number of hydrogen-bond donors (Lipinski definition) is 3. The molecule has 0 saturated heterocycles. The lowest BCUT2D eigenvalue weighted by Crippen LogP contribution is -2.54. The van der Waals surface area contributed by atoms with Gasteiger partial charge in [0.2, 0.25) is 5.95 Å². The largest absolute Gasteiger partial charge is 0.384 e. The minimum Gasteiger partial charge on any atom is -0.384 e. The summed E-state index contributed by atoms with van der Waals surface area (Å²) < 4.78 is 1.74. The van der Waals surface area contributed by atoms with Crippen molar-refractivity contribution in [2.75, 3.05) is 11.9 Å². The molecular formula is C19H18Cl2N8O2. The molecule has 3 aromatic rings. The third-order valence-corrected chi connectivity index (χ3v) is 5.64. The van der Waals surface area contributed by atoms with Crippen molar-refractivity contribution in [1.29, 1.82) is 0 Å². The van der Waals surface area contributed by atoms with Gasteiger partial charge in [-0.3, -0.25) is 14.5 Å². The van der Waals surface area contributed by atoms with Crippen LogP contribution in [0.4, 0.5) is 5.95 Å². The van der Waals surface area contributed by atoms with E-state index in [0.29, 0.717) is 32.9 Å². The van der Waals surface area contributed by atoms with Gasteiger partial charge in [-0.2, -0.15) is 0 Å². The molecule has 3 heterocycles. The molecule has 2 atom stereocenters. The van der Waals surface area contributed by atoms with Crippen LogP contribution in [0, 0.1) is 10.1 Å². The number of benzene rings is 1. The second kappa shape index (κ2) is 8.14. The van der Waals surface area contributed by atoms with Gasteiger partial charge in [-0.05, 0) is 30.4 Å². The first-order valence-electron chi connectivity index (χ1n) is 9.26. The molecule has 160 valence electrons. The van der Waals surface area contributed by atoms with E-state index in [1.54, 1.807) is 41.1 Å². The third-order valence-electron chi connectivity index (χ3n) is 5.09. The van der Waals surface area contributed by atoms with Gasteiger partial charge in [0, 0.05) is 46.9 Å². The number of imidazole rings is 1. The van der Waals surface area contributed by atoms with Crippen molar-refractivity contribution in [2.45, 2.75) is 18.1 Å². The summed E-state index contributed by atoms with van der Waals surface area (Å²) in [4.78, 5) is 24.3. The Morgan fingerprint density at radius 3 is 2.84 bits per heavy atom. The van der Waals surface area contributed by atoms with Crippen LogP contribution in [0.3, 0.4) is 0 Å². The molecule has 1 aromatic carbocycles. The maximum atomic E-state index is 11.8. The van der Waals surface area contributed by atoms with Gasteiger partial charge in [0.15, 0.2) is 6.17 Å². The number of aliphatic imine (C=N–C) groups is 1. The maximum Gasteiger partial charge on any atom is 0.277 e. The summed E-state index contributed by atoms with van der Waals surface area (Å²) in [5.41, 5.74) is 11.9. The topological polar surface area (TPSA) is 150 Å². The van der Waals surface area contributed by atoms with Crippen molar-refractivity contribution in [3.8, 4) is 11.3 Å². The number of rotatable bonds is 6. The van der Waals surface area contributed by atoms with E-state index in [1.165, 1.54) is 12.2 Å². The smallest absolute Gasteiger partial charge is 0.277 e. The molecule has 2 unspecified atom stereocenters. The average molecular weight is 461 g/mol. The first-order valence-corrected chi connectivity index (χ1v) is 10.0. The van der Waals surface area contributed by atoms with Crippen LogP contribution in [0.1, 0.15) is 6.42 Å². The number of nitro groups is 1. The number of amidine groups is 1. The average Bonchev–Trinajstić information content (AvgIpc) is 3.18. The third kappa shape index (κ3) is 3.92. The summed E-state index contributed by atoms with van der Waals surface area (Å²) in [7, 11) is 0. The van der Waals surface area contributed by atoms with E-state index in [-0.39, 0.29) is 18.8 Å². The zero-order valence-electron chi connectivity index (χ0n) is 16.1. The fourth-order valence-electron chi connectivity index (χ4n) is 3.39. The Balaban J connectivity index is 1.62. The number of fused-ring (bicyclic) bond motifs is 1. The number of halogens is 2. The van der Waals surface area contributed by atoms with E-state index in [9.17, 15) is 10.1 Å². The summed E-state index contributed by atoms with van der Waals surface area (Å²) in [5, 5.41) is 15.9. The Labute approximate surface area is 186 Å². The zero-order chi connectivity index (χ0) is 22.2. The molecule has 2 aromatic heterocycles. The van der Waals surface area contributed by atoms with Gasteiger partial charge >= 0.3 is 0 Å². The van der Waals surface area contributed by atoms with Crippen LogP contribution in [-0.4, -0.2) is 43.4 Å². The van der Waals surface area contributed by atoms with E-state index >= 15 is 0 Å². The summed E-state index contributed by atoms with van der Waals surface area (Å²) in [6.45, 7) is 0.201. The quantitative estimate of drug-likeness (QED) is 0.377. The fourth-order valence-corrected chi connectivity index (χ4v) is 3.90. The molecule has 1 aliphatic heterocycles. The summed E-state index contributed by atoms with van der Waals surface area (Å²) in [6.07, 6.45) is 5.14. The number of nitrogens with two attached hydrogens (primary N) is 2. The Morgan fingerprint density at radius 2 is 2.13 bits per heavy atom. The second-order valence-electron chi connectivity index (χ2n) is 7.00. The SMILES string of the molecule is NC1=NC(N)C(CCNc2nc(-c3ccc(Cl)cc3Cl)cc3nccn23)([N+](=O)[O-])C=C1. The minimum atomic E-state index is -1.57. The van der Waals surface area contributed by atoms with Crippen LogP contribution >= 0.6 is 23.2 Å². The van der Waals surface area contributed by atoms with Gasteiger partial charge in [-0.15, -0.1) is 0 Å². The molecule has 4 rings (SSSR count). The highest BCUT2D eigenvalue weighted by Crippen LogP contribution is 2.31. The van der Waals surface area contributed by atoms with E-state index in [2.05, 4.69) is 20.3 Å². The summed E-state index contributed by atoms with van der Waals surface area (Å²) in [6, 6.07) is 6.91. The highest BCUT2D eigenvalue weighted by Gasteiger charge is 2.48. The number of dihydropyridines is 1. The van der Waals surface area contributed by atoms with E-state index in [1.807, 2.05) is 0 Å². The minimum absolute atomic E-state index is 0.0677. The number of nitrogens with one attached hydrogen (secondary N) is 1. The summed E-state index contributed by atoms with van der Waals surface area (Å²) >= 11 is 12.3. The highest BCUT2D eigenvalue weighted by atomic mass is 35.5. The monoisotopic (exact) mass is 460 g/mol. The molecule has 1 aliphatic rings. The zero-order valence-corrected chi connectivity index (χ0v) is 17.6. The molecule has 0 saturated carbocycles. The van der Waals surface area contributed by atoms with Gasteiger partial charge in [0.05, 0.1) is 10.7 Å². The first-order chi connectivity index (χ1) is 14.8. The fraction of sp³-hybridized carbons (Fsp3) is 0.211. The van der Waals surface area contributed by atoms with E-state index in [0.717, 1.165) is 0 Å². The molecule has 0 radical (unpaired) electrons. The molecular weight excluding hydrogens is 443 g/mol. The predicted molar refractivity (Wildman–Crippen MR) is 120 cm³/mol. The Bertz CT molecular complexity index is 1220. The number of anilines is 1. The molecule has 10 nitrogen and oxygen atoms in total. The molecule has 0 fully saturated rings. The maximum absolute atomic E-state index is 11.8. The van der Waals surface area contributed by atoms with Crippen molar-refractivity contribution in [1.82, 2.24) is 14.4 Å². The van der Waals surface area contributed by atoms with Gasteiger partial charge < -0.3 is 16.8 Å². The van der Waals surface area contributed by atoms with Gasteiger partial charge in [-0.25, -0.2) is 15.0 Å². The predicted octanol–water partition coefficient (Wildman–Crippen LogP) is 2.73. The number of aromatic nitrogens is 3. The molecule has 0 spiro atoms. The number of hydrogen-bond acceptors (Lipinski definition) is 8.